The summed E-state index contributed by atoms with van der Waals surface area (Å²) < 4.78 is 15.7. The zero-order valence-electron chi connectivity index (χ0n) is 14.0. The summed E-state index contributed by atoms with van der Waals surface area (Å²) in [5, 5.41) is 2.35. The molecule has 0 unspecified atom stereocenters. The monoisotopic (exact) mass is 464 g/mol. The summed E-state index contributed by atoms with van der Waals surface area (Å²) in [5.74, 6) is -0.189. The Bertz CT molecular complexity index is 971. The molecule has 0 saturated heterocycles. The fourth-order valence-corrected chi connectivity index (χ4v) is 4.31. The standard InChI is InChI=1S/C20H18FN2S.HI/c1-3-23-18-13-15(21)8-9-19(18)24-20(23)12-14-10-11-22(2)17-7-5-4-6-16(14)17;/h4-13H,3H2,1-2H3;1H/q+1;/p-1. The first-order valence-corrected chi connectivity index (χ1v) is 8.83. The molecule has 2 aromatic carbocycles. The molecular formula is C20H18FIN2S. The Hall–Kier alpha value is -1.60. The topological polar surface area (TPSA) is 7.12 Å². The number of anilines is 1. The molecule has 1 aliphatic rings. The number of rotatable bonds is 2. The van der Waals surface area contributed by atoms with E-state index in [2.05, 4.69) is 66.0 Å². The van der Waals surface area contributed by atoms with E-state index in [9.17, 15) is 4.39 Å². The maximum Gasteiger partial charge on any atom is 0.212 e. The van der Waals surface area contributed by atoms with Gasteiger partial charge in [0, 0.05) is 23.6 Å². The molecule has 2 heterocycles. The van der Waals surface area contributed by atoms with Gasteiger partial charge in [0.1, 0.15) is 12.9 Å². The second-order valence-electron chi connectivity index (χ2n) is 5.84. The fourth-order valence-electron chi connectivity index (χ4n) is 3.15. The zero-order valence-corrected chi connectivity index (χ0v) is 17.0. The predicted octanol–water partition coefficient (Wildman–Crippen LogP) is 1.74. The molecule has 0 bridgehead atoms. The molecule has 0 N–H and O–H groups in total. The molecule has 0 atom stereocenters. The van der Waals surface area contributed by atoms with Crippen LogP contribution in [0, 0.1) is 5.82 Å². The van der Waals surface area contributed by atoms with Crippen LogP contribution < -0.4 is 33.4 Å². The molecule has 1 aliphatic heterocycles. The maximum absolute atomic E-state index is 13.6. The Morgan fingerprint density at radius 1 is 1.16 bits per heavy atom. The van der Waals surface area contributed by atoms with Crippen LogP contribution in [0.5, 0.6) is 0 Å². The minimum atomic E-state index is -0.189. The van der Waals surface area contributed by atoms with Gasteiger partial charge in [0.2, 0.25) is 5.52 Å². The van der Waals surface area contributed by atoms with E-state index in [0.717, 1.165) is 22.2 Å². The number of thioether (sulfide) groups is 1. The lowest BCUT2D eigenvalue weighted by Crippen LogP contribution is -3.00. The van der Waals surface area contributed by atoms with Crippen LogP contribution in [-0.2, 0) is 7.05 Å². The molecule has 0 aliphatic carbocycles. The van der Waals surface area contributed by atoms with E-state index in [1.807, 2.05) is 6.07 Å². The fraction of sp³-hybridized carbons (Fsp3) is 0.150. The van der Waals surface area contributed by atoms with Crippen molar-refractivity contribution < 1.29 is 32.9 Å². The first-order chi connectivity index (χ1) is 11.7. The summed E-state index contributed by atoms with van der Waals surface area (Å²) in [5.41, 5.74) is 3.33. The lowest BCUT2D eigenvalue weighted by atomic mass is 10.1. The molecule has 128 valence electrons. The Morgan fingerprint density at radius 3 is 2.76 bits per heavy atom. The summed E-state index contributed by atoms with van der Waals surface area (Å²) in [4.78, 5) is 3.28. The Kier molecular flexibility index (Phi) is 5.34. The number of halogens is 2. The highest BCUT2D eigenvalue weighted by molar-refractivity contribution is 8.03. The third-order valence-electron chi connectivity index (χ3n) is 4.36. The van der Waals surface area contributed by atoms with E-state index >= 15 is 0 Å². The van der Waals surface area contributed by atoms with Gasteiger partial charge in [-0.3, -0.25) is 0 Å². The van der Waals surface area contributed by atoms with Crippen LogP contribution >= 0.6 is 11.8 Å². The summed E-state index contributed by atoms with van der Waals surface area (Å²) >= 11 is 1.70. The maximum atomic E-state index is 13.6. The van der Waals surface area contributed by atoms with Crippen LogP contribution in [0.25, 0.3) is 17.0 Å². The van der Waals surface area contributed by atoms with Gasteiger partial charge in [-0.1, -0.05) is 23.9 Å². The van der Waals surface area contributed by atoms with Gasteiger partial charge >= 0.3 is 0 Å². The number of benzene rings is 2. The lowest BCUT2D eigenvalue weighted by Gasteiger charge is -2.18. The Balaban J connectivity index is 0.00000182. The van der Waals surface area contributed by atoms with Crippen molar-refractivity contribution in [1.29, 1.82) is 0 Å². The highest BCUT2D eigenvalue weighted by Crippen LogP contribution is 2.46. The molecule has 25 heavy (non-hydrogen) atoms. The van der Waals surface area contributed by atoms with Crippen LogP contribution in [0.15, 0.2) is 64.7 Å². The summed E-state index contributed by atoms with van der Waals surface area (Å²) in [6.45, 7) is 2.91. The summed E-state index contributed by atoms with van der Waals surface area (Å²) in [6.07, 6.45) is 4.28. The van der Waals surface area contributed by atoms with Gasteiger partial charge in [0.05, 0.1) is 16.1 Å². The SMILES string of the molecule is CCN1/C(=C/c2cc[n+](C)c3ccccc23)Sc2ccc(F)cc21.[I-]. The second-order valence-corrected chi connectivity index (χ2v) is 6.90. The number of pyridine rings is 1. The van der Waals surface area contributed by atoms with Crippen molar-refractivity contribution in [3.8, 4) is 0 Å². The summed E-state index contributed by atoms with van der Waals surface area (Å²) in [7, 11) is 2.06. The molecule has 0 saturated carbocycles. The van der Waals surface area contributed by atoms with Gasteiger partial charge in [0.15, 0.2) is 6.20 Å². The van der Waals surface area contributed by atoms with Gasteiger partial charge in [-0.25, -0.2) is 8.96 Å². The molecule has 0 fully saturated rings. The second kappa shape index (κ2) is 7.33. The average molecular weight is 464 g/mol. The largest absolute Gasteiger partial charge is 1.00 e. The smallest absolute Gasteiger partial charge is 0.212 e. The quantitative estimate of drug-likeness (QED) is 0.422. The molecule has 5 heteroatoms. The average Bonchev–Trinajstić information content (AvgIpc) is 2.94. The van der Waals surface area contributed by atoms with E-state index < -0.39 is 0 Å². The van der Waals surface area contributed by atoms with Crippen LogP contribution in [0.3, 0.4) is 0 Å². The van der Waals surface area contributed by atoms with E-state index in [-0.39, 0.29) is 29.8 Å². The van der Waals surface area contributed by atoms with Crippen LogP contribution in [0.1, 0.15) is 12.5 Å². The van der Waals surface area contributed by atoms with E-state index in [1.54, 1.807) is 17.8 Å². The van der Waals surface area contributed by atoms with Crippen LogP contribution in [0.2, 0.25) is 0 Å². The molecular weight excluding hydrogens is 446 g/mol. The third-order valence-corrected chi connectivity index (χ3v) is 5.47. The molecule has 2 nitrogen and oxygen atoms in total. The van der Waals surface area contributed by atoms with Crippen molar-refractivity contribution in [2.75, 3.05) is 11.4 Å². The molecule has 0 amide bonds. The number of fused-ring (bicyclic) bond motifs is 2. The number of para-hydroxylation sites is 1. The minimum Gasteiger partial charge on any atom is -1.00 e. The normalized spacial score (nSPS) is 14.7. The van der Waals surface area contributed by atoms with Crippen molar-refractivity contribution in [2.24, 2.45) is 7.05 Å². The third kappa shape index (κ3) is 3.27. The van der Waals surface area contributed by atoms with Crippen molar-refractivity contribution in [3.63, 3.8) is 0 Å². The molecule has 0 spiro atoms. The van der Waals surface area contributed by atoms with Gasteiger partial charge in [0.25, 0.3) is 0 Å². The van der Waals surface area contributed by atoms with E-state index in [0.29, 0.717) is 0 Å². The predicted molar refractivity (Wildman–Crippen MR) is 98.4 cm³/mol. The van der Waals surface area contributed by atoms with Crippen molar-refractivity contribution >= 4 is 34.4 Å². The summed E-state index contributed by atoms with van der Waals surface area (Å²) in [6, 6.07) is 15.5. The van der Waals surface area contributed by atoms with Crippen molar-refractivity contribution in [3.05, 3.63) is 71.1 Å². The van der Waals surface area contributed by atoms with Crippen molar-refractivity contribution in [1.82, 2.24) is 0 Å². The number of hydrogen-bond donors (Lipinski definition) is 0. The van der Waals surface area contributed by atoms with Gasteiger partial charge in [-0.05, 0) is 42.8 Å². The molecule has 0 radical (unpaired) electrons. The first-order valence-electron chi connectivity index (χ1n) is 8.01. The van der Waals surface area contributed by atoms with Crippen molar-refractivity contribution in [2.45, 2.75) is 11.8 Å². The first kappa shape index (κ1) is 18.2. The minimum absolute atomic E-state index is 0. The molecule has 3 aromatic rings. The van der Waals surface area contributed by atoms with Gasteiger partial charge < -0.3 is 28.9 Å². The van der Waals surface area contributed by atoms with Crippen LogP contribution in [0.4, 0.5) is 10.1 Å². The van der Waals surface area contributed by atoms with Crippen LogP contribution in [-0.4, -0.2) is 6.54 Å². The number of aromatic nitrogens is 1. The van der Waals surface area contributed by atoms with Gasteiger partial charge in [-0.2, -0.15) is 0 Å². The molecule has 4 rings (SSSR count). The highest BCUT2D eigenvalue weighted by Gasteiger charge is 2.24. The van der Waals surface area contributed by atoms with Gasteiger partial charge in [-0.15, -0.1) is 0 Å². The van der Waals surface area contributed by atoms with E-state index in [4.69, 9.17) is 0 Å². The number of aryl methyl sites for hydroxylation is 1. The Morgan fingerprint density at radius 2 is 1.96 bits per heavy atom. The highest BCUT2D eigenvalue weighted by atomic mass is 127. The zero-order chi connectivity index (χ0) is 16.7. The van der Waals surface area contributed by atoms with E-state index in [1.165, 1.54) is 22.5 Å². The Labute approximate surface area is 168 Å². The molecule has 1 aromatic heterocycles. The number of nitrogens with zero attached hydrogens (tertiary/aromatic N) is 2. The lowest BCUT2D eigenvalue weighted by molar-refractivity contribution is -0.644. The number of hydrogen-bond acceptors (Lipinski definition) is 2.